The van der Waals surface area contributed by atoms with Crippen LogP contribution in [0.5, 0.6) is 5.75 Å². The summed E-state index contributed by atoms with van der Waals surface area (Å²) in [6.07, 6.45) is 1.57. The summed E-state index contributed by atoms with van der Waals surface area (Å²) in [6, 6.07) is 6.62. The number of benzene rings is 1. The number of hydrogen-bond acceptors (Lipinski definition) is 7. The average molecular weight is 344 g/mol. The number of nitrogens with one attached hydrogen (secondary N) is 1. The lowest BCUT2D eigenvalue weighted by Crippen LogP contribution is -2.51. The summed E-state index contributed by atoms with van der Waals surface area (Å²) in [5, 5.41) is 22.9. The molecule has 0 spiro atoms. The maximum Gasteiger partial charge on any atom is 0.167 e. The van der Waals surface area contributed by atoms with Crippen LogP contribution in [0.2, 0.25) is 0 Å². The number of rotatable bonds is 6. The molecule has 1 aliphatic heterocycles. The molecule has 0 radical (unpaired) electrons. The number of nitrogens with zero attached hydrogens (tertiary/aromatic N) is 1. The highest BCUT2D eigenvalue weighted by molar-refractivity contribution is 5.46. The Balaban J connectivity index is 2.31. The monoisotopic (exact) mass is 344 g/mol. The zero-order valence-electron chi connectivity index (χ0n) is 14.3. The number of aliphatic hydroxyl groups is 1. The van der Waals surface area contributed by atoms with Gasteiger partial charge in [-0.2, -0.15) is 5.26 Å². The molecule has 25 heavy (non-hydrogen) atoms. The molecule has 1 aromatic carbocycles. The van der Waals surface area contributed by atoms with Gasteiger partial charge in [-0.25, -0.2) is 4.79 Å². The van der Waals surface area contributed by atoms with E-state index in [0.717, 1.165) is 6.26 Å². The van der Waals surface area contributed by atoms with Crippen molar-refractivity contribution in [1.82, 2.24) is 5.32 Å². The molecule has 1 aliphatic rings. The van der Waals surface area contributed by atoms with Gasteiger partial charge < -0.3 is 24.6 Å². The van der Waals surface area contributed by atoms with Gasteiger partial charge in [-0.1, -0.05) is 0 Å². The molecule has 0 aromatic heterocycles. The third kappa shape index (κ3) is 4.13. The average Bonchev–Trinajstić information content (AvgIpc) is 2.60. The molecular weight excluding hydrogens is 324 g/mol. The van der Waals surface area contributed by atoms with Crippen LogP contribution in [0.3, 0.4) is 0 Å². The van der Waals surface area contributed by atoms with Crippen molar-refractivity contribution in [2.45, 2.75) is 31.6 Å². The molecule has 2 rings (SSSR count). The standard InChI is InChI=1S/C18H20N2O5/c1-18(2)17(22)16(20-10-13(23-3)11-24-7-6-21)14-8-12(9-19)4-5-15(14)25-18/h4-5,7-8,10,16-17,20,22H,11H2,1-3H3/b13-10+/t16-,17+/m0/s1. The number of carbonyl (C=O) groups excluding carboxylic acids is 1. The van der Waals surface area contributed by atoms with Crippen LogP contribution in [-0.2, 0) is 14.3 Å². The molecule has 7 heteroatoms. The van der Waals surface area contributed by atoms with Crippen molar-refractivity contribution in [3.05, 3.63) is 47.5 Å². The lowest BCUT2D eigenvalue weighted by Gasteiger charge is -2.42. The van der Waals surface area contributed by atoms with Gasteiger partial charge in [0.2, 0.25) is 0 Å². The molecule has 1 aromatic rings. The number of methoxy groups -OCH3 is 1. The minimum absolute atomic E-state index is 0.0343. The van der Waals surface area contributed by atoms with Gasteiger partial charge >= 0.3 is 0 Å². The van der Waals surface area contributed by atoms with Crippen molar-refractivity contribution in [3.63, 3.8) is 0 Å². The van der Waals surface area contributed by atoms with Crippen LogP contribution in [0, 0.1) is 11.3 Å². The van der Waals surface area contributed by atoms with Crippen LogP contribution in [0.25, 0.3) is 0 Å². The van der Waals surface area contributed by atoms with Crippen molar-refractivity contribution >= 4 is 5.94 Å². The lowest BCUT2D eigenvalue weighted by molar-refractivity contribution is -0.0623. The van der Waals surface area contributed by atoms with E-state index in [1.807, 2.05) is 0 Å². The van der Waals surface area contributed by atoms with E-state index in [-0.39, 0.29) is 6.61 Å². The van der Waals surface area contributed by atoms with Crippen LogP contribution in [0.1, 0.15) is 31.0 Å². The largest absolute Gasteiger partial charge is 0.496 e. The van der Waals surface area contributed by atoms with E-state index in [0.29, 0.717) is 22.6 Å². The van der Waals surface area contributed by atoms with Crippen LogP contribution in [-0.4, -0.2) is 36.5 Å². The Morgan fingerprint density at radius 1 is 1.52 bits per heavy atom. The molecule has 0 aliphatic carbocycles. The molecule has 0 amide bonds. The fourth-order valence-corrected chi connectivity index (χ4v) is 2.55. The van der Waals surface area contributed by atoms with Gasteiger partial charge in [-0.15, -0.1) is 0 Å². The van der Waals surface area contributed by atoms with Gasteiger partial charge in [0, 0.05) is 11.8 Å². The molecule has 0 saturated heterocycles. The quantitative estimate of drug-likeness (QED) is 0.597. The zero-order valence-corrected chi connectivity index (χ0v) is 14.3. The van der Waals surface area contributed by atoms with Crippen LogP contribution >= 0.6 is 0 Å². The second-order valence-electron chi connectivity index (χ2n) is 6.02. The fourth-order valence-electron chi connectivity index (χ4n) is 2.55. The molecular formula is C18H20N2O5. The minimum atomic E-state index is -0.876. The first-order chi connectivity index (χ1) is 11.9. The second-order valence-corrected chi connectivity index (χ2v) is 6.02. The number of fused-ring (bicyclic) bond motifs is 1. The van der Waals surface area contributed by atoms with Gasteiger partial charge in [0.15, 0.2) is 12.2 Å². The highest BCUT2D eigenvalue weighted by Crippen LogP contribution is 2.40. The number of hydrogen-bond donors (Lipinski definition) is 2. The summed E-state index contributed by atoms with van der Waals surface area (Å²) < 4.78 is 16.0. The minimum Gasteiger partial charge on any atom is -0.496 e. The molecule has 1 heterocycles. The van der Waals surface area contributed by atoms with E-state index in [1.165, 1.54) is 13.1 Å². The first-order valence-corrected chi connectivity index (χ1v) is 7.64. The Bertz CT molecular complexity index is 744. The molecule has 2 N–H and O–H groups in total. The number of nitriles is 1. The van der Waals surface area contributed by atoms with Crippen LogP contribution in [0.15, 0.2) is 36.4 Å². The van der Waals surface area contributed by atoms with Gasteiger partial charge in [0.05, 0.1) is 24.8 Å². The Hall–Kier alpha value is -2.94. The second kappa shape index (κ2) is 7.75. The molecule has 132 valence electrons. The van der Waals surface area contributed by atoms with E-state index in [4.69, 9.17) is 19.5 Å². The number of aliphatic hydroxyl groups excluding tert-OH is 1. The van der Waals surface area contributed by atoms with E-state index < -0.39 is 17.7 Å². The zero-order chi connectivity index (χ0) is 18.4. The smallest absolute Gasteiger partial charge is 0.167 e. The summed E-state index contributed by atoms with van der Waals surface area (Å²) >= 11 is 0. The topological polar surface area (TPSA) is 101 Å². The van der Waals surface area contributed by atoms with Crippen molar-refractivity contribution in [1.29, 1.82) is 5.26 Å². The Kier molecular flexibility index (Phi) is 5.71. The lowest BCUT2D eigenvalue weighted by atomic mass is 9.86. The van der Waals surface area contributed by atoms with Crippen LogP contribution < -0.4 is 10.1 Å². The van der Waals surface area contributed by atoms with Crippen molar-refractivity contribution < 1.29 is 24.1 Å². The molecule has 0 bridgehead atoms. The SMILES string of the molecule is CO/C(=C/N[C@H]1c2cc(C#N)ccc2OC(C)(C)[C@@H]1O)COC=C=O. The van der Waals surface area contributed by atoms with Crippen molar-refractivity contribution in [2.24, 2.45) is 0 Å². The third-order valence-corrected chi connectivity index (χ3v) is 3.92. The highest BCUT2D eigenvalue weighted by Gasteiger charge is 2.42. The van der Waals surface area contributed by atoms with Gasteiger partial charge in [-0.05, 0) is 32.0 Å². The normalized spacial score (nSPS) is 21.0. The predicted octanol–water partition coefficient (Wildman–Crippen LogP) is 1.57. The molecule has 0 unspecified atom stereocenters. The summed E-state index contributed by atoms with van der Waals surface area (Å²) in [6.45, 7) is 3.60. The Labute approximate surface area is 146 Å². The highest BCUT2D eigenvalue weighted by atomic mass is 16.5. The molecule has 7 nitrogen and oxygen atoms in total. The van der Waals surface area contributed by atoms with E-state index in [1.54, 1.807) is 38.2 Å². The summed E-state index contributed by atoms with van der Waals surface area (Å²) in [5.41, 5.74) is 0.319. The van der Waals surface area contributed by atoms with Crippen molar-refractivity contribution in [2.75, 3.05) is 13.7 Å². The van der Waals surface area contributed by atoms with E-state index in [9.17, 15) is 9.90 Å². The fraction of sp³-hybridized carbons (Fsp3) is 0.389. The molecule has 0 fully saturated rings. The molecule has 2 atom stereocenters. The van der Waals surface area contributed by atoms with Crippen molar-refractivity contribution in [3.8, 4) is 11.8 Å². The summed E-state index contributed by atoms with van der Waals surface area (Å²) in [5.74, 6) is 2.52. The van der Waals surface area contributed by atoms with Gasteiger partial charge in [-0.3, -0.25) is 0 Å². The summed E-state index contributed by atoms with van der Waals surface area (Å²) in [7, 11) is 1.47. The maximum absolute atomic E-state index is 10.7. The maximum atomic E-state index is 10.7. The predicted molar refractivity (Wildman–Crippen MR) is 89.1 cm³/mol. The molecule has 0 saturated carbocycles. The van der Waals surface area contributed by atoms with Gasteiger partial charge in [0.1, 0.15) is 29.8 Å². The number of ether oxygens (including phenoxy) is 3. The summed E-state index contributed by atoms with van der Waals surface area (Å²) in [4.78, 5) is 10.1. The van der Waals surface area contributed by atoms with Gasteiger partial charge in [0.25, 0.3) is 0 Å². The first kappa shape index (κ1) is 18.4. The Morgan fingerprint density at radius 2 is 2.28 bits per heavy atom. The van der Waals surface area contributed by atoms with E-state index in [2.05, 4.69) is 11.4 Å². The van der Waals surface area contributed by atoms with E-state index >= 15 is 0 Å². The Morgan fingerprint density at radius 3 is 2.92 bits per heavy atom. The first-order valence-electron chi connectivity index (χ1n) is 7.64. The third-order valence-electron chi connectivity index (χ3n) is 3.92. The van der Waals surface area contributed by atoms with Crippen LogP contribution in [0.4, 0.5) is 0 Å².